The quantitative estimate of drug-likeness (QED) is 0.658. The van der Waals surface area contributed by atoms with Gasteiger partial charge in [-0.25, -0.2) is 4.79 Å². The number of nitrogens with one attached hydrogen (secondary N) is 1. The molecule has 0 amide bonds. The first-order valence-electron chi connectivity index (χ1n) is 7.77. The second-order valence-corrected chi connectivity index (χ2v) is 6.33. The highest BCUT2D eigenvalue weighted by Gasteiger charge is 2.51. The average molecular weight is 372 g/mol. The molecule has 1 aliphatic carbocycles. The number of fused-ring (bicyclic) bond motifs is 1. The first-order valence-corrected chi connectivity index (χ1v) is 8.17. The van der Waals surface area contributed by atoms with Gasteiger partial charge < -0.3 is 9.72 Å². The van der Waals surface area contributed by atoms with Crippen molar-refractivity contribution in [1.29, 1.82) is 0 Å². The van der Waals surface area contributed by atoms with Crippen LogP contribution in [0.1, 0.15) is 30.1 Å². The summed E-state index contributed by atoms with van der Waals surface area (Å²) in [7, 11) is 0. The minimum absolute atomic E-state index is 0.0679. The third-order valence-electron chi connectivity index (χ3n) is 4.14. The molecule has 5 nitrogen and oxygen atoms in total. The van der Waals surface area contributed by atoms with Gasteiger partial charge in [-0.3, -0.25) is 9.36 Å². The highest BCUT2D eigenvalue weighted by molar-refractivity contribution is 7.71. The third-order valence-corrected chi connectivity index (χ3v) is 4.46. The molecule has 1 saturated carbocycles. The van der Waals surface area contributed by atoms with E-state index in [0.717, 1.165) is 0 Å². The zero-order valence-electron chi connectivity index (χ0n) is 13.2. The number of hydrogen-bond acceptors (Lipinski definition) is 4. The van der Waals surface area contributed by atoms with Crippen LogP contribution in [-0.4, -0.2) is 27.8 Å². The van der Waals surface area contributed by atoms with Crippen molar-refractivity contribution in [1.82, 2.24) is 9.55 Å². The molecule has 1 atom stereocenters. The molecular formula is C16H15F3N2O3S. The lowest BCUT2D eigenvalue weighted by molar-refractivity contribution is -0.210. The van der Waals surface area contributed by atoms with Gasteiger partial charge in [-0.05, 0) is 50.2 Å². The van der Waals surface area contributed by atoms with Gasteiger partial charge in [-0.15, -0.1) is 0 Å². The zero-order chi connectivity index (χ0) is 18.4. The van der Waals surface area contributed by atoms with E-state index < -0.39 is 24.2 Å². The summed E-state index contributed by atoms with van der Waals surface area (Å²) in [4.78, 5) is 27.2. The Morgan fingerprint density at radius 2 is 2.12 bits per heavy atom. The molecule has 0 saturated heterocycles. The summed E-state index contributed by atoms with van der Waals surface area (Å²) in [6.45, 7) is 2.14. The number of alkyl halides is 3. The second-order valence-electron chi connectivity index (χ2n) is 5.94. The molecule has 0 bridgehead atoms. The Bertz CT molecular complexity index is 944. The molecular weight excluding hydrogens is 357 g/mol. The number of esters is 1. The zero-order valence-corrected chi connectivity index (χ0v) is 14.0. The van der Waals surface area contributed by atoms with Gasteiger partial charge in [0.2, 0.25) is 0 Å². The highest BCUT2D eigenvalue weighted by atomic mass is 32.1. The smallest absolute Gasteiger partial charge is 0.425 e. The van der Waals surface area contributed by atoms with Crippen LogP contribution in [0.3, 0.4) is 0 Å². The van der Waals surface area contributed by atoms with Crippen molar-refractivity contribution in [2.24, 2.45) is 5.92 Å². The Morgan fingerprint density at radius 3 is 2.68 bits per heavy atom. The van der Waals surface area contributed by atoms with Gasteiger partial charge in [0.25, 0.3) is 5.56 Å². The van der Waals surface area contributed by atoms with E-state index in [9.17, 15) is 22.8 Å². The highest BCUT2D eigenvalue weighted by Crippen LogP contribution is 2.42. The number of halogens is 3. The number of aromatic nitrogens is 2. The summed E-state index contributed by atoms with van der Waals surface area (Å²) < 4.78 is 45.2. The number of hydrogen-bond donors (Lipinski definition) is 1. The van der Waals surface area contributed by atoms with E-state index in [-0.39, 0.29) is 21.4 Å². The maximum Gasteiger partial charge on any atom is 0.425 e. The van der Waals surface area contributed by atoms with Crippen molar-refractivity contribution < 1.29 is 22.7 Å². The lowest BCUT2D eigenvalue weighted by Crippen LogP contribution is -2.35. The monoisotopic (exact) mass is 372 g/mol. The lowest BCUT2D eigenvalue weighted by atomic mass is 10.1. The van der Waals surface area contributed by atoms with Gasteiger partial charge in [0.1, 0.15) is 0 Å². The van der Waals surface area contributed by atoms with Gasteiger partial charge in [-0.1, -0.05) is 0 Å². The molecule has 134 valence electrons. The van der Waals surface area contributed by atoms with Crippen molar-refractivity contribution in [3.63, 3.8) is 0 Å². The fourth-order valence-corrected chi connectivity index (χ4v) is 3.00. The molecule has 0 spiro atoms. The number of nitrogens with zero attached hydrogens (tertiary/aromatic N) is 1. The number of benzene rings is 1. The van der Waals surface area contributed by atoms with Crippen LogP contribution >= 0.6 is 12.2 Å². The van der Waals surface area contributed by atoms with Crippen LogP contribution in [0, 0.1) is 10.7 Å². The SMILES string of the molecule is CCn1c(=S)[nH]c2cc(C(=O)O[C@@H](C3CC3)C(F)(F)F)ccc2c1=O. The Labute approximate surface area is 145 Å². The van der Waals surface area contributed by atoms with Crippen molar-refractivity contribution in [2.75, 3.05) is 0 Å². The maximum atomic E-state index is 13.0. The largest absolute Gasteiger partial charge is 0.449 e. The van der Waals surface area contributed by atoms with Crippen molar-refractivity contribution in [3.8, 4) is 0 Å². The van der Waals surface area contributed by atoms with Crippen molar-refractivity contribution >= 4 is 29.1 Å². The normalized spacial score (nSPS) is 16.0. The topological polar surface area (TPSA) is 64.1 Å². The Hall–Kier alpha value is -2.16. The van der Waals surface area contributed by atoms with Crippen LogP contribution in [0.25, 0.3) is 10.9 Å². The van der Waals surface area contributed by atoms with Crippen LogP contribution in [0.15, 0.2) is 23.0 Å². The number of carbonyl (C=O) groups excluding carboxylic acids is 1. The van der Waals surface area contributed by atoms with Gasteiger partial charge >= 0.3 is 12.1 Å². The Kier molecular flexibility index (Phi) is 4.44. The average Bonchev–Trinajstić information content (AvgIpc) is 3.35. The molecule has 25 heavy (non-hydrogen) atoms. The number of aromatic amines is 1. The molecule has 1 aromatic heterocycles. The van der Waals surface area contributed by atoms with E-state index in [1.807, 2.05) is 0 Å². The number of ether oxygens (including phenoxy) is 1. The van der Waals surface area contributed by atoms with Gasteiger partial charge in [0.05, 0.1) is 16.5 Å². The molecule has 1 heterocycles. The molecule has 3 rings (SSSR count). The van der Waals surface area contributed by atoms with E-state index in [4.69, 9.17) is 17.0 Å². The summed E-state index contributed by atoms with van der Waals surface area (Å²) >= 11 is 5.08. The standard InChI is InChI=1S/C16H15F3N2O3S/c1-2-21-13(22)10-6-5-9(7-11(10)20-15(21)25)14(23)24-12(8-3-4-8)16(17,18)19/h5-8,12H,2-4H2,1H3,(H,20,25)/t12-/m0/s1. The Morgan fingerprint density at radius 1 is 1.44 bits per heavy atom. The van der Waals surface area contributed by atoms with Crippen LogP contribution in [0.4, 0.5) is 13.2 Å². The van der Waals surface area contributed by atoms with Crippen molar-refractivity contribution in [2.45, 2.75) is 38.6 Å². The fraction of sp³-hybridized carbons (Fsp3) is 0.438. The minimum Gasteiger partial charge on any atom is -0.449 e. The predicted octanol–water partition coefficient (Wildman–Crippen LogP) is 3.58. The van der Waals surface area contributed by atoms with Gasteiger partial charge in [0.15, 0.2) is 10.9 Å². The third kappa shape index (κ3) is 3.46. The summed E-state index contributed by atoms with van der Waals surface area (Å²) in [5, 5.41) is 0.293. The molecule has 2 aromatic rings. The summed E-state index contributed by atoms with van der Waals surface area (Å²) in [6, 6.07) is 3.95. The molecule has 1 N–H and O–H groups in total. The maximum absolute atomic E-state index is 13.0. The molecule has 1 aliphatic rings. The fourth-order valence-electron chi connectivity index (χ4n) is 2.68. The first-order chi connectivity index (χ1) is 11.7. The molecule has 9 heteroatoms. The molecule has 0 radical (unpaired) electrons. The van der Waals surface area contributed by atoms with Gasteiger partial charge in [0, 0.05) is 12.5 Å². The summed E-state index contributed by atoms with van der Waals surface area (Å²) in [5.41, 5.74) is -0.113. The van der Waals surface area contributed by atoms with Crippen LogP contribution < -0.4 is 5.56 Å². The number of rotatable bonds is 4. The Balaban J connectivity index is 1.95. The predicted molar refractivity (Wildman–Crippen MR) is 87.0 cm³/mol. The minimum atomic E-state index is -4.59. The number of carbonyl (C=O) groups is 1. The van der Waals surface area contributed by atoms with E-state index >= 15 is 0 Å². The van der Waals surface area contributed by atoms with Crippen LogP contribution in [-0.2, 0) is 11.3 Å². The first kappa shape index (κ1) is 17.7. The van der Waals surface area contributed by atoms with Crippen molar-refractivity contribution in [3.05, 3.63) is 38.9 Å². The van der Waals surface area contributed by atoms with Crippen LogP contribution in [0.5, 0.6) is 0 Å². The molecule has 0 unspecified atom stereocenters. The van der Waals surface area contributed by atoms with E-state index in [1.54, 1.807) is 6.92 Å². The second kappa shape index (κ2) is 6.29. The summed E-state index contributed by atoms with van der Waals surface area (Å²) in [6.07, 6.45) is -5.91. The van der Waals surface area contributed by atoms with Gasteiger partial charge in [-0.2, -0.15) is 13.2 Å². The van der Waals surface area contributed by atoms with E-state index in [1.165, 1.54) is 22.8 Å². The van der Waals surface area contributed by atoms with Crippen LogP contribution in [0.2, 0.25) is 0 Å². The molecule has 1 fully saturated rings. The van der Waals surface area contributed by atoms with E-state index in [2.05, 4.69) is 4.98 Å². The molecule has 0 aliphatic heterocycles. The lowest BCUT2D eigenvalue weighted by Gasteiger charge is -2.20. The summed E-state index contributed by atoms with van der Waals surface area (Å²) in [5.74, 6) is -1.75. The molecule has 1 aromatic carbocycles. The number of H-pyrrole nitrogens is 1. The van der Waals surface area contributed by atoms with E-state index in [0.29, 0.717) is 24.8 Å².